The van der Waals surface area contributed by atoms with E-state index in [1.807, 2.05) is 49.3 Å². The predicted octanol–water partition coefficient (Wildman–Crippen LogP) is 4.12. The fraction of sp³-hybridized carbons (Fsp3) is 0.133. The smallest absolute Gasteiger partial charge is 0.153 e. The average Bonchev–Trinajstić information content (AvgIpc) is 2.39. The van der Waals surface area contributed by atoms with E-state index in [9.17, 15) is 4.79 Å². The van der Waals surface area contributed by atoms with Crippen LogP contribution >= 0.6 is 15.9 Å². The lowest BCUT2D eigenvalue weighted by molar-refractivity contribution is 0.112. The van der Waals surface area contributed by atoms with Crippen LogP contribution in [0.2, 0.25) is 0 Å². The van der Waals surface area contributed by atoms with Gasteiger partial charge in [-0.2, -0.15) is 0 Å². The van der Waals surface area contributed by atoms with E-state index in [0.29, 0.717) is 17.1 Å². The molecule has 0 saturated heterocycles. The topological polar surface area (TPSA) is 29.5 Å². The van der Waals surface area contributed by atoms with Gasteiger partial charge in [0, 0.05) is 30.3 Å². The summed E-state index contributed by atoms with van der Waals surface area (Å²) in [5.74, 6) is 1.24. The molecule has 0 saturated carbocycles. The summed E-state index contributed by atoms with van der Waals surface area (Å²) in [5, 5.41) is 0. The summed E-state index contributed by atoms with van der Waals surface area (Å²) in [6, 6.07) is 13.0. The largest absolute Gasteiger partial charge is 0.457 e. The molecule has 2 aromatic carbocycles. The Labute approximate surface area is 120 Å². The fourth-order valence-corrected chi connectivity index (χ4v) is 1.99. The summed E-state index contributed by atoms with van der Waals surface area (Å²) in [4.78, 5) is 13.0. The second-order valence-electron chi connectivity index (χ2n) is 4.29. The first kappa shape index (κ1) is 13.6. The lowest BCUT2D eigenvalue weighted by Crippen LogP contribution is -2.08. The first-order chi connectivity index (χ1) is 9.10. The zero-order valence-corrected chi connectivity index (χ0v) is 12.3. The predicted molar refractivity (Wildman–Crippen MR) is 80.4 cm³/mol. The van der Waals surface area contributed by atoms with Gasteiger partial charge in [-0.25, -0.2) is 0 Å². The Morgan fingerprint density at radius 1 is 1.16 bits per heavy atom. The maximum Gasteiger partial charge on any atom is 0.153 e. The highest BCUT2D eigenvalue weighted by Gasteiger charge is 2.06. The maximum absolute atomic E-state index is 11.0. The van der Waals surface area contributed by atoms with Crippen LogP contribution in [0.5, 0.6) is 11.5 Å². The van der Waals surface area contributed by atoms with Crippen molar-refractivity contribution in [1.82, 2.24) is 0 Å². The zero-order chi connectivity index (χ0) is 13.8. The van der Waals surface area contributed by atoms with Crippen LogP contribution in [-0.4, -0.2) is 20.4 Å². The number of aldehydes is 1. The molecule has 0 N–H and O–H groups in total. The minimum atomic E-state index is 0.526. The van der Waals surface area contributed by atoms with Gasteiger partial charge in [0.2, 0.25) is 0 Å². The maximum atomic E-state index is 11.0. The summed E-state index contributed by atoms with van der Waals surface area (Å²) in [6.07, 6.45) is 0.789. The van der Waals surface area contributed by atoms with Gasteiger partial charge in [-0.1, -0.05) is 22.0 Å². The Bertz CT molecular complexity index is 596. The lowest BCUT2D eigenvalue weighted by atomic mass is 10.2. The van der Waals surface area contributed by atoms with Crippen molar-refractivity contribution in [2.45, 2.75) is 0 Å². The number of anilines is 1. The van der Waals surface area contributed by atoms with Crippen molar-refractivity contribution < 1.29 is 9.53 Å². The van der Waals surface area contributed by atoms with Gasteiger partial charge in [-0.3, -0.25) is 4.79 Å². The van der Waals surface area contributed by atoms with Crippen molar-refractivity contribution in [3.63, 3.8) is 0 Å². The van der Waals surface area contributed by atoms with E-state index in [2.05, 4.69) is 15.9 Å². The Hall–Kier alpha value is -1.81. The molecular formula is C15H14BrNO2. The number of rotatable bonds is 4. The summed E-state index contributed by atoms with van der Waals surface area (Å²) in [7, 11) is 3.93. The molecule has 0 aliphatic heterocycles. The molecule has 0 aromatic heterocycles. The van der Waals surface area contributed by atoms with Crippen LogP contribution in [0.15, 0.2) is 46.9 Å². The molecule has 4 heteroatoms. The van der Waals surface area contributed by atoms with Gasteiger partial charge in [0.05, 0.1) is 5.56 Å². The molecule has 0 bridgehead atoms. The van der Waals surface area contributed by atoms with Gasteiger partial charge < -0.3 is 9.64 Å². The standard InChI is InChI=1S/C15H14BrNO2/c1-17(2)13-4-3-5-14(9-13)19-15-8-12(16)7-6-11(15)10-18/h3-10H,1-2H3. The highest BCUT2D eigenvalue weighted by molar-refractivity contribution is 9.10. The van der Waals surface area contributed by atoms with E-state index in [-0.39, 0.29) is 0 Å². The highest BCUT2D eigenvalue weighted by atomic mass is 79.9. The third-order valence-electron chi connectivity index (χ3n) is 2.66. The highest BCUT2D eigenvalue weighted by Crippen LogP contribution is 2.29. The summed E-state index contributed by atoms with van der Waals surface area (Å²) >= 11 is 3.37. The average molecular weight is 320 g/mol. The third kappa shape index (κ3) is 3.35. The lowest BCUT2D eigenvalue weighted by Gasteiger charge is -2.14. The molecule has 0 heterocycles. The molecule has 0 unspecified atom stereocenters. The van der Waals surface area contributed by atoms with Crippen LogP contribution in [-0.2, 0) is 0 Å². The van der Waals surface area contributed by atoms with Crippen LogP contribution in [0.3, 0.4) is 0 Å². The molecule has 0 aliphatic rings. The van der Waals surface area contributed by atoms with Crippen LogP contribution in [0.4, 0.5) is 5.69 Å². The van der Waals surface area contributed by atoms with Crippen LogP contribution < -0.4 is 9.64 Å². The quantitative estimate of drug-likeness (QED) is 0.794. The van der Waals surface area contributed by atoms with Crippen LogP contribution in [0.25, 0.3) is 0 Å². The van der Waals surface area contributed by atoms with Crippen molar-refractivity contribution in [1.29, 1.82) is 0 Å². The Balaban J connectivity index is 2.33. The van der Waals surface area contributed by atoms with Crippen molar-refractivity contribution >= 4 is 27.9 Å². The van der Waals surface area contributed by atoms with Gasteiger partial charge in [0.25, 0.3) is 0 Å². The monoisotopic (exact) mass is 319 g/mol. The van der Waals surface area contributed by atoms with Crippen LogP contribution in [0, 0.1) is 0 Å². The number of halogens is 1. The minimum Gasteiger partial charge on any atom is -0.457 e. The van der Waals surface area contributed by atoms with Gasteiger partial charge in [-0.15, -0.1) is 0 Å². The number of carbonyl (C=O) groups is 1. The second-order valence-corrected chi connectivity index (χ2v) is 5.21. The van der Waals surface area contributed by atoms with Gasteiger partial charge >= 0.3 is 0 Å². The van der Waals surface area contributed by atoms with Crippen molar-refractivity contribution in [3.8, 4) is 11.5 Å². The van der Waals surface area contributed by atoms with Gasteiger partial charge in [-0.05, 0) is 30.3 Å². The SMILES string of the molecule is CN(C)c1cccc(Oc2cc(Br)ccc2C=O)c1. The number of hydrogen-bond acceptors (Lipinski definition) is 3. The zero-order valence-electron chi connectivity index (χ0n) is 10.8. The number of hydrogen-bond donors (Lipinski definition) is 0. The molecule has 2 aromatic rings. The summed E-state index contributed by atoms with van der Waals surface area (Å²) in [6.45, 7) is 0. The molecule has 0 radical (unpaired) electrons. The van der Waals surface area contributed by atoms with Crippen molar-refractivity contribution in [2.75, 3.05) is 19.0 Å². The molecular weight excluding hydrogens is 306 g/mol. The Kier molecular flexibility index (Phi) is 4.22. The molecule has 0 atom stereocenters. The van der Waals surface area contributed by atoms with Gasteiger partial charge in [0.15, 0.2) is 6.29 Å². The molecule has 2 rings (SSSR count). The molecule has 0 amide bonds. The fourth-order valence-electron chi connectivity index (χ4n) is 1.65. The Morgan fingerprint density at radius 2 is 1.95 bits per heavy atom. The normalized spacial score (nSPS) is 10.1. The molecule has 0 aliphatic carbocycles. The van der Waals surface area contributed by atoms with E-state index in [4.69, 9.17) is 4.74 Å². The van der Waals surface area contributed by atoms with E-state index >= 15 is 0 Å². The number of carbonyl (C=O) groups excluding carboxylic acids is 1. The second kappa shape index (κ2) is 5.89. The Morgan fingerprint density at radius 3 is 2.63 bits per heavy atom. The minimum absolute atomic E-state index is 0.526. The first-order valence-corrected chi connectivity index (χ1v) is 6.59. The van der Waals surface area contributed by atoms with Crippen molar-refractivity contribution in [3.05, 3.63) is 52.5 Å². The van der Waals surface area contributed by atoms with Crippen molar-refractivity contribution in [2.24, 2.45) is 0 Å². The molecule has 19 heavy (non-hydrogen) atoms. The van der Waals surface area contributed by atoms with E-state index in [1.54, 1.807) is 12.1 Å². The van der Waals surface area contributed by atoms with E-state index < -0.39 is 0 Å². The molecule has 3 nitrogen and oxygen atoms in total. The first-order valence-electron chi connectivity index (χ1n) is 5.80. The third-order valence-corrected chi connectivity index (χ3v) is 3.16. The van der Waals surface area contributed by atoms with Gasteiger partial charge in [0.1, 0.15) is 11.5 Å². The number of nitrogens with zero attached hydrogens (tertiary/aromatic N) is 1. The number of benzene rings is 2. The van der Waals surface area contributed by atoms with E-state index in [0.717, 1.165) is 16.4 Å². The van der Waals surface area contributed by atoms with E-state index in [1.165, 1.54) is 0 Å². The summed E-state index contributed by atoms with van der Waals surface area (Å²) < 4.78 is 6.66. The molecule has 0 spiro atoms. The molecule has 0 fully saturated rings. The number of ether oxygens (including phenoxy) is 1. The van der Waals surface area contributed by atoms with Crippen LogP contribution in [0.1, 0.15) is 10.4 Å². The molecule has 98 valence electrons. The summed E-state index contributed by atoms with van der Waals surface area (Å²) in [5.41, 5.74) is 1.57.